The Morgan fingerprint density at radius 1 is 0.900 bits per heavy atom. The molecule has 196 valence electrons. The van der Waals surface area contributed by atoms with Crippen LogP contribution >= 0.6 is 0 Å². The third-order valence-corrected chi connectivity index (χ3v) is 7.03. The fraction of sp³-hybridized carbons (Fsp3) is 0.138. The van der Waals surface area contributed by atoms with Gasteiger partial charge in [-0.25, -0.2) is 24.3 Å². The van der Waals surface area contributed by atoms with E-state index in [1.54, 1.807) is 47.7 Å². The van der Waals surface area contributed by atoms with E-state index >= 15 is 0 Å². The quantitative estimate of drug-likeness (QED) is 0.291. The number of benzene rings is 2. The zero-order chi connectivity index (χ0) is 27.2. The molecule has 1 aliphatic heterocycles. The Morgan fingerprint density at radius 2 is 1.73 bits per heavy atom. The zero-order valence-corrected chi connectivity index (χ0v) is 21.7. The second-order valence-electron chi connectivity index (χ2n) is 9.42. The molecule has 10 nitrogen and oxygen atoms in total. The maximum atomic E-state index is 13.6. The summed E-state index contributed by atoms with van der Waals surface area (Å²) in [5, 5.41) is 8.94. The van der Waals surface area contributed by atoms with Crippen molar-refractivity contribution in [2.24, 2.45) is 0 Å². The molecule has 4 aromatic heterocycles. The molecule has 0 bridgehead atoms. The van der Waals surface area contributed by atoms with E-state index < -0.39 is 0 Å². The summed E-state index contributed by atoms with van der Waals surface area (Å²) in [4.78, 5) is 24.9. The summed E-state index contributed by atoms with van der Waals surface area (Å²) in [6, 6.07) is 14.3. The fourth-order valence-corrected chi connectivity index (χ4v) is 5.19. The number of fused-ring (bicyclic) bond motifs is 3. The summed E-state index contributed by atoms with van der Waals surface area (Å²) in [7, 11) is 0. The van der Waals surface area contributed by atoms with Crippen LogP contribution in [0.25, 0.3) is 34.2 Å². The van der Waals surface area contributed by atoms with Crippen LogP contribution in [0.15, 0.2) is 85.8 Å². The number of rotatable bonds is 5. The van der Waals surface area contributed by atoms with E-state index in [0.717, 1.165) is 46.1 Å². The normalized spacial score (nSPS) is 14.2. The number of anilines is 2. The molecule has 1 atom stereocenters. The lowest BCUT2D eigenvalue weighted by Crippen LogP contribution is -2.33. The molecule has 0 radical (unpaired) electrons. The lowest BCUT2D eigenvalue weighted by molar-refractivity contribution is 0.586. The Bertz CT molecular complexity index is 1830. The van der Waals surface area contributed by atoms with E-state index in [-0.39, 0.29) is 11.9 Å². The second kappa shape index (κ2) is 9.45. The highest BCUT2D eigenvalue weighted by Crippen LogP contribution is 2.44. The van der Waals surface area contributed by atoms with Gasteiger partial charge in [0.1, 0.15) is 29.5 Å². The average Bonchev–Trinajstić information content (AvgIpc) is 3.64. The smallest absolute Gasteiger partial charge is 0.237 e. The van der Waals surface area contributed by atoms with Gasteiger partial charge in [0.15, 0.2) is 11.6 Å². The van der Waals surface area contributed by atoms with Gasteiger partial charge in [-0.05, 0) is 55.3 Å². The Morgan fingerprint density at radius 3 is 2.52 bits per heavy atom. The molecule has 11 heteroatoms. The number of hydrogen-bond acceptors (Lipinski definition) is 8. The molecule has 5 heterocycles. The van der Waals surface area contributed by atoms with E-state index in [0.29, 0.717) is 17.6 Å². The second-order valence-corrected chi connectivity index (χ2v) is 9.42. The predicted octanol–water partition coefficient (Wildman–Crippen LogP) is 5.42. The predicted molar refractivity (Wildman–Crippen MR) is 147 cm³/mol. The molecule has 1 unspecified atom stereocenters. The van der Waals surface area contributed by atoms with Crippen LogP contribution in [0.5, 0.6) is 0 Å². The average molecular weight is 531 g/mol. The molecule has 0 fully saturated rings. The molecule has 0 amide bonds. The third-order valence-electron chi connectivity index (χ3n) is 7.03. The zero-order valence-electron chi connectivity index (χ0n) is 21.7. The molecular formula is C29H23FN10. The number of aromatic nitrogens is 9. The van der Waals surface area contributed by atoms with E-state index in [1.807, 2.05) is 23.6 Å². The molecule has 0 spiro atoms. The van der Waals surface area contributed by atoms with Crippen LogP contribution in [0, 0.1) is 12.7 Å². The van der Waals surface area contributed by atoms with E-state index in [9.17, 15) is 4.39 Å². The van der Waals surface area contributed by atoms with Crippen LogP contribution in [-0.4, -0.2) is 44.3 Å². The molecule has 40 heavy (non-hydrogen) atoms. The largest absolute Gasteiger partial charge is 0.314 e. The van der Waals surface area contributed by atoms with Crippen molar-refractivity contribution < 1.29 is 4.39 Å². The fourth-order valence-electron chi connectivity index (χ4n) is 5.19. The molecule has 0 saturated heterocycles. The van der Waals surface area contributed by atoms with Crippen LogP contribution in [0.4, 0.5) is 15.9 Å². The van der Waals surface area contributed by atoms with Crippen molar-refractivity contribution in [3.05, 3.63) is 103 Å². The lowest BCUT2D eigenvalue weighted by atomic mass is 10.0. The number of imidazole rings is 1. The maximum absolute atomic E-state index is 13.6. The van der Waals surface area contributed by atoms with Gasteiger partial charge in [-0.15, -0.1) is 10.2 Å². The number of aryl methyl sites for hydroxylation is 1. The topological polar surface area (TPSA) is 103 Å². The minimum atomic E-state index is -0.308. The van der Waals surface area contributed by atoms with Gasteiger partial charge in [-0.2, -0.15) is 4.98 Å². The highest BCUT2D eigenvalue weighted by Gasteiger charge is 2.36. The van der Waals surface area contributed by atoms with Crippen LogP contribution in [0.3, 0.4) is 0 Å². The molecule has 7 rings (SSSR count). The first-order chi connectivity index (χ1) is 19.6. The highest BCUT2D eigenvalue weighted by molar-refractivity contribution is 5.76. The molecular weight excluding hydrogens is 507 g/mol. The standard InChI is InChI=1S/C29H23FN10/c1-3-24-28-37-36-18(2)39(28)25-16-34-29(38-12-11-33-26(38)19-7-9-22(30)10-8-19)35-27(25)40(24)23-6-4-5-20(13-23)21-14-31-17-32-15-21/h4-17,24H,3H2,1-2H3. The van der Waals surface area contributed by atoms with Crippen LogP contribution in [0.1, 0.15) is 31.0 Å². The van der Waals surface area contributed by atoms with Gasteiger partial charge < -0.3 is 4.90 Å². The summed E-state index contributed by atoms with van der Waals surface area (Å²) < 4.78 is 17.4. The van der Waals surface area contributed by atoms with Gasteiger partial charge in [-0.1, -0.05) is 19.1 Å². The Hall–Kier alpha value is -5.32. The highest BCUT2D eigenvalue weighted by atomic mass is 19.1. The summed E-state index contributed by atoms with van der Waals surface area (Å²) in [6.45, 7) is 4.05. The molecule has 1 aliphatic rings. The molecule has 0 aliphatic carbocycles. The Kier molecular flexibility index (Phi) is 5.62. The molecule has 2 aromatic carbocycles. The van der Waals surface area contributed by atoms with Crippen LogP contribution < -0.4 is 4.90 Å². The van der Waals surface area contributed by atoms with Gasteiger partial charge in [0.25, 0.3) is 0 Å². The van der Waals surface area contributed by atoms with Crippen molar-refractivity contribution in [2.45, 2.75) is 26.3 Å². The summed E-state index contributed by atoms with van der Waals surface area (Å²) in [6.07, 6.45) is 11.2. The Balaban J connectivity index is 1.41. The first-order valence-corrected chi connectivity index (χ1v) is 12.9. The summed E-state index contributed by atoms with van der Waals surface area (Å²) >= 11 is 0. The minimum absolute atomic E-state index is 0.127. The van der Waals surface area contributed by atoms with Crippen molar-refractivity contribution in [2.75, 3.05) is 4.90 Å². The summed E-state index contributed by atoms with van der Waals surface area (Å²) in [5.74, 6) is 3.05. The van der Waals surface area contributed by atoms with Gasteiger partial charge in [-0.3, -0.25) is 9.13 Å². The van der Waals surface area contributed by atoms with Crippen molar-refractivity contribution in [1.82, 2.24) is 44.3 Å². The maximum Gasteiger partial charge on any atom is 0.237 e. The van der Waals surface area contributed by atoms with E-state index in [2.05, 4.69) is 49.1 Å². The van der Waals surface area contributed by atoms with E-state index in [1.165, 1.54) is 18.5 Å². The van der Waals surface area contributed by atoms with Gasteiger partial charge in [0, 0.05) is 41.6 Å². The van der Waals surface area contributed by atoms with Crippen molar-refractivity contribution in [1.29, 1.82) is 0 Å². The number of hydrogen-bond donors (Lipinski definition) is 0. The molecule has 0 N–H and O–H groups in total. The summed E-state index contributed by atoms with van der Waals surface area (Å²) in [5.41, 5.74) is 4.38. The third kappa shape index (κ3) is 3.82. The minimum Gasteiger partial charge on any atom is -0.314 e. The number of nitrogens with zero attached hydrogens (tertiary/aromatic N) is 10. The lowest BCUT2D eigenvalue weighted by Gasteiger charge is -2.37. The SMILES string of the molecule is CCC1c2nnc(C)n2-c2cnc(-n3ccnc3-c3ccc(F)cc3)nc2N1c1cccc(-c2cncnc2)c1. The van der Waals surface area contributed by atoms with Crippen molar-refractivity contribution in [3.8, 4) is 34.2 Å². The van der Waals surface area contributed by atoms with Gasteiger partial charge in [0.2, 0.25) is 5.95 Å². The number of halogens is 1. The van der Waals surface area contributed by atoms with Crippen molar-refractivity contribution >= 4 is 11.5 Å². The first kappa shape index (κ1) is 23.8. The Labute approximate surface area is 228 Å². The van der Waals surface area contributed by atoms with Crippen molar-refractivity contribution in [3.63, 3.8) is 0 Å². The molecule has 6 aromatic rings. The van der Waals surface area contributed by atoms with Crippen LogP contribution in [0.2, 0.25) is 0 Å². The molecule has 0 saturated carbocycles. The van der Waals surface area contributed by atoms with Gasteiger partial charge >= 0.3 is 0 Å². The first-order valence-electron chi connectivity index (χ1n) is 12.9. The van der Waals surface area contributed by atoms with Crippen LogP contribution in [-0.2, 0) is 0 Å². The monoisotopic (exact) mass is 530 g/mol. The van der Waals surface area contributed by atoms with E-state index in [4.69, 9.17) is 9.97 Å². The van der Waals surface area contributed by atoms with Gasteiger partial charge in [0.05, 0.1) is 12.2 Å².